The van der Waals surface area contributed by atoms with Gasteiger partial charge in [0.1, 0.15) is 5.82 Å². The van der Waals surface area contributed by atoms with Crippen molar-refractivity contribution >= 4 is 5.69 Å². The van der Waals surface area contributed by atoms with Crippen LogP contribution in [0.5, 0.6) is 0 Å². The standard InChI is InChI=1S/C22H24FN3/c1-26(19-8-9-19)21-12-18(7-10-20(21)23)22(25-14-15-5-6-15)17-4-2-3-16(11-17)13-24/h2-4,7,10-12,15,19,22,25H,5-6,8-9,14H2,1H3. The molecule has 0 radical (unpaired) electrons. The third kappa shape index (κ3) is 3.73. The third-order valence-electron chi connectivity index (χ3n) is 5.43. The summed E-state index contributed by atoms with van der Waals surface area (Å²) in [5.74, 6) is 0.570. The fraction of sp³-hybridized carbons (Fsp3) is 0.409. The van der Waals surface area contributed by atoms with Gasteiger partial charge in [-0.2, -0.15) is 5.26 Å². The van der Waals surface area contributed by atoms with Crippen LogP contribution in [-0.2, 0) is 0 Å². The van der Waals surface area contributed by atoms with Gasteiger partial charge in [0.25, 0.3) is 0 Å². The zero-order valence-electron chi connectivity index (χ0n) is 15.1. The van der Waals surface area contributed by atoms with Crippen molar-refractivity contribution < 1.29 is 4.39 Å². The molecule has 0 spiro atoms. The van der Waals surface area contributed by atoms with E-state index in [-0.39, 0.29) is 11.9 Å². The average Bonchev–Trinajstić information content (AvgIpc) is 3.56. The molecule has 2 saturated carbocycles. The van der Waals surface area contributed by atoms with E-state index in [0.717, 1.165) is 36.4 Å². The molecule has 2 aliphatic carbocycles. The molecular weight excluding hydrogens is 325 g/mol. The number of nitriles is 1. The van der Waals surface area contributed by atoms with Crippen molar-refractivity contribution in [3.63, 3.8) is 0 Å². The van der Waals surface area contributed by atoms with Gasteiger partial charge in [0, 0.05) is 13.1 Å². The van der Waals surface area contributed by atoms with Crippen LogP contribution < -0.4 is 10.2 Å². The van der Waals surface area contributed by atoms with Gasteiger partial charge in [0.05, 0.1) is 23.4 Å². The first-order valence-corrected chi connectivity index (χ1v) is 9.41. The van der Waals surface area contributed by atoms with E-state index in [1.165, 1.54) is 12.8 Å². The normalized spacial score (nSPS) is 17.6. The molecule has 4 heteroatoms. The van der Waals surface area contributed by atoms with Crippen LogP contribution in [0.4, 0.5) is 10.1 Å². The molecule has 134 valence electrons. The molecule has 0 aliphatic heterocycles. The lowest BCUT2D eigenvalue weighted by Crippen LogP contribution is -2.26. The Labute approximate surface area is 154 Å². The van der Waals surface area contributed by atoms with Crippen LogP contribution in [0.1, 0.15) is 48.4 Å². The van der Waals surface area contributed by atoms with E-state index in [9.17, 15) is 9.65 Å². The van der Waals surface area contributed by atoms with Crippen molar-refractivity contribution in [3.05, 3.63) is 65.0 Å². The lowest BCUT2D eigenvalue weighted by Gasteiger charge is -2.24. The van der Waals surface area contributed by atoms with Gasteiger partial charge in [0.2, 0.25) is 0 Å². The first kappa shape index (κ1) is 17.1. The fourth-order valence-electron chi connectivity index (χ4n) is 3.46. The second-order valence-corrected chi connectivity index (χ2v) is 7.57. The van der Waals surface area contributed by atoms with Crippen LogP contribution in [0.3, 0.4) is 0 Å². The molecule has 2 fully saturated rings. The highest BCUT2D eigenvalue weighted by atomic mass is 19.1. The minimum Gasteiger partial charge on any atom is -0.369 e. The number of hydrogen-bond acceptors (Lipinski definition) is 3. The number of nitrogens with one attached hydrogen (secondary N) is 1. The molecule has 0 aromatic heterocycles. The van der Waals surface area contributed by atoms with Crippen LogP contribution in [0.25, 0.3) is 0 Å². The minimum atomic E-state index is -0.171. The summed E-state index contributed by atoms with van der Waals surface area (Å²) in [5, 5.41) is 12.9. The molecule has 1 atom stereocenters. The van der Waals surface area contributed by atoms with Gasteiger partial charge in [-0.3, -0.25) is 0 Å². The highest BCUT2D eigenvalue weighted by molar-refractivity contribution is 5.53. The minimum absolute atomic E-state index is 0.0316. The van der Waals surface area contributed by atoms with E-state index in [4.69, 9.17) is 0 Å². The summed E-state index contributed by atoms with van der Waals surface area (Å²) in [6, 6.07) is 15.8. The smallest absolute Gasteiger partial charge is 0.146 e. The molecule has 26 heavy (non-hydrogen) atoms. The molecule has 2 aromatic rings. The number of rotatable bonds is 7. The van der Waals surface area contributed by atoms with Gasteiger partial charge >= 0.3 is 0 Å². The van der Waals surface area contributed by atoms with Crippen molar-refractivity contribution in [3.8, 4) is 6.07 Å². The SMILES string of the molecule is CN(c1cc(C(NCC2CC2)c2cccc(C#N)c2)ccc1F)C1CC1. The maximum Gasteiger partial charge on any atom is 0.146 e. The topological polar surface area (TPSA) is 39.1 Å². The van der Waals surface area contributed by atoms with Crippen LogP contribution in [0.15, 0.2) is 42.5 Å². The summed E-state index contributed by atoms with van der Waals surface area (Å²) in [6.45, 7) is 0.951. The van der Waals surface area contributed by atoms with Crippen molar-refractivity contribution in [2.24, 2.45) is 5.92 Å². The van der Waals surface area contributed by atoms with E-state index >= 15 is 0 Å². The maximum atomic E-state index is 14.4. The number of benzene rings is 2. The van der Waals surface area contributed by atoms with Gasteiger partial charge in [-0.05, 0) is 73.5 Å². The number of nitrogens with zero attached hydrogens (tertiary/aromatic N) is 2. The van der Waals surface area contributed by atoms with Gasteiger partial charge in [0.15, 0.2) is 0 Å². The van der Waals surface area contributed by atoms with Crippen LogP contribution >= 0.6 is 0 Å². The quantitative estimate of drug-likeness (QED) is 0.806. The summed E-state index contributed by atoms with van der Waals surface area (Å²) in [4.78, 5) is 2.06. The largest absolute Gasteiger partial charge is 0.369 e. The van der Waals surface area contributed by atoms with E-state index in [1.54, 1.807) is 6.07 Å². The van der Waals surface area contributed by atoms with E-state index in [1.807, 2.05) is 43.4 Å². The van der Waals surface area contributed by atoms with E-state index < -0.39 is 0 Å². The Morgan fingerprint density at radius 1 is 1.15 bits per heavy atom. The molecule has 0 bridgehead atoms. The van der Waals surface area contributed by atoms with Crippen LogP contribution in [-0.4, -0.2) is 19.6 Å². The Kier molecular flexibility index (Phi) is 4.65. The first-order chi connectivity index (χ1) is 12.7. The molecular formula is C22H24FN3. The van der Waals surface area contributed by atoms with Gasteiger partial charge in [-0.1, -0.05) is 18.2 Å². The lowest BCUT2D eigenvalue weighted by atomic mass is 9.96. The predicted octanol–water partition coefficient (Wildman–Crippen LogP) is 4.38. The summed E-state index contributed by atoms with van der Waals surface area (Å²) >= 11 is 0. The summed E-state index contributed by atoms with van der Waals surface area (Å²) in [6.07, 6.45) is 4.82. The fourth-order valence-corrected chi connectivity index (χ4v) is 3.46. The molecule has 1 N–H and O–H groups in total. The summed E-state index contributed by atoms with van der Waals surface area (Å²) in [7, 11) is 1.97. The second-order valence-electron chi connectivity index (χ2n) is 7.57. The molecule has 0 heterocycles. The van der Waals surface area contributed by atoms with Gasteiger partial charge in [-0.15, -0.1) is 0 Å². The Morgan fingerprint density at radius 2 is 1.92 bits per heavy atom. The molecule has 3 nitrogen and oxygen atoms in total. The van der Waals surface area contributed by atoms with Crippen molar-refractivity contribution in [2.45, 2.75) is 37.8 Å². The number of halogens is 1. The Morgan fingerprint density at radius 3 is 2.62 bits per heavy atom. The van der Waals surface area contributed by atoms with E-state index in [0.29, 0.717) is 17.3 Å². The van der Waals surface area contributed by atoms with Gasteiger partial charge in [-0.25, -0.2) is 4.39 Å². The Hall–Kier alpha value is -2.38. The maximum absolute atomic E-state index is 14.4. The van der Waals surface area contributed by atoms with Crippen molar-refractivity contribution in [1.29, 1.82) is 5.26 Å². The average molecular weight is 349 g/mol. The Balaban J connectivity index is 1.68. The van der Waals surface area contributed by atoms with E-state index in [2.05, 4.69) is 16.3 Å². The predicted molar refractivity (Wildman–Crippen MR) is 102 cm³/mol. The molecule has 1 unspecified atom stereocenters. The summed E-state index contributed by atoms with van der Waals surface area (Å²) < 4.78 is 14.4. The first-order valence-electron chi connectivity index (χ1n) is 9.41. The molecule has 4 rings (SSSR count). The lowest BCUT2D eigenvalue weighted by molar-refractivity contribution is 0.570. The number of hydrogen-bond donors (Lipinski definition) is 1. The molecule has 0 saturated heterocycles. The van der Waals surface area contributed by atoms with Crippen LogP contribution in [0, 0.1) is 23.1 Å². The number of anilines is 1. The third-order valence-corrected chi connectivity index (χ3v) is 5.43. The molecule has 0 amide bonds. The highest BCUT2D eigenvalue weighted by Gasteiger charge is 2.29. The van der Waals surface area contributed by atoms with Crippen LogP contribution in [0.2, 0.25) is 0 Å². The summed E-state index contributed by atoms with van der Waals surface area (Å²) in [5.41, 5.74) is 3.42. The molecule has 2 aliphatic rings. The molecule has 2 aromatic carbocycles. The Bertz CT molecular complexity index is 834. The zero-order valence-corrected chi connectivity index (χ0v) is 15.1. The highest BCUT2D eigenvalue weighted by Crippen LogP contribution is 2.35. The second kappa shape index (κ2) is 7.09. The van der Waals surface area contributed by atoms with Crippen molar-refractivity contribution in [1.82, 2.24) is 5.32 Å². The monoisotopic (exact) mass is 349 g/mol. The van der Waals surface area contributed by atoms with Crippen molar-refractivity contribution in [2.75, 3.05) is 18.5 Å². The zero-order chi connectivity index (χ0) is 18.1. The van der Waals surface area contributed by atoms with Gasteiger partial charge < -0.3 is 10.2 Å².